The predicted octanol–water partition coefficient (Wildman–Crippen LogP) is 4.86. The van der Waals surface area contributed by atoms with Gasteiger partial charge in [0.25, 0.3) is 0 Å². The first-order valence-corrected chi connectivity index (χ1v) is 7.69. The van der Waals surface area contributed by atoms with E-state index in [-0.39, 0.29) is 0 Å². The van der Waals surface area contributed by atoms with Crippen molar-refractivity contribution in [3.05, 3.63) is 51.9 Å². The Hall–Kier alpha value is -1.34. The highest BCUT2D eigenvalue weighted by Gasteiger charge is 2.18. The summed E-state index contributed by atoms with van der Waals surface area (Å²) in [6, 6.07) is 7.02. The van der Waals surface area contributed by atoms with Gasteiger partial charge in [-0.25, -0.2) is 0 Å². The summed E-state index contributed by atoms with van der Waals surface area (Å²) in [5, 5.41) is 2.37. The standard InChI is InChI=1S/C17H16S/c1-2-5-13-10-14(9-8-12(13)4-1)17-16-7-3-6-15(16)11-18-17/h1,4,8-11H,2-3,5-7H2. The van der Waals surface area contributed by atoms with Crippen LogP contribution in [0.4, 0.5) is 0 Å². The molecule has 2 aliphatic rings. The van der Waals surface area contributed by atoms with Crippen LogP contribution >= 0.6 is 11.3 Å². The fraction of sp³-hybridized carbons (Fsp3) is 0.294. The normalized spacial score (nSPS) is 16.7. The van der Waals surface area contributed by atoms with Gasteiger partial charge in [0.1, 0.15) is 0 Å². The van der Waals surface area contributed by atoms with Crippen molar-refractivity contribution in [3.63, 3.8) is 0 Å². The second-order valence-electron chi connectivity index (χ2n) is 5.28. The first-order valence-electron chi connectivity index (χ1n) is 6.81. The van der Waals surface area contributed by atoms with Crippen LogP contribution in [-0.2, 0) is 19.3 Å². The van der Waals surface area contributed by atoms with Gasteiger partial charge in [-0.3, -0.25) is 0 Å². The van der Waals surface area contributed by atoms with Crippen molar-refractivity contribution in [2.24, 2.45) is 0 Å². The lowest BCUT2D eigenvalue weighted by molar-refractivity contribution is 0.912. The van der Waals surface area contributed by atoms with Gasteiger partial charge in [0, 0.05) is 4.88 Å². The smallest absolute Gasteiger partial charge is 0.0377 e. The van der Waals surface area contributed by atoms with E-state index in [0.29, 0.717) is 0 Å². The van der Waals surface area contributed by atoms with Crippen LogP contribution in [0.5, 0.6) is 0 Å². The molecule has 4 rings (SSSR count). The molecule has 0 atom stereocenters. The van der Waals surface area contributed by atoms with Gasteiger partial charge >= 0.3 is 0 Å². The second-order valence-corrected chi connectivity index (χ2v) is 6.16. The van der Waals surface area contributed by atoms with E-state index >= 15 is 0 Å². The Kier molecular flexibility index (Phi) is 2.41. The van der Waals surface area contributed by atoms with Gasteiger partial charge in [0.05, 0.1) is 0 Å². The van der Waals surface area contributed by atoms with Crippen LogP contribution in [0.2, 0.25) is 0 Å². The van der Waals surface area contributed by atoms with E-state index in [9.17, 15) is 0 Å². The third-order valence-corrected chi connectivity index (χ3v) is 5.26. The van der Waals surface area contributed by atoms with E-state index in [1.54, 1.807) is 11.1 Å². The molecule has 18 heavy (non-hydrogen) atoms. The molecule has 0 unspecified atom stereocenters. The van der Waals surface area contributed by atoms with Crippen LogP contribution in [0.1, 0.15) is 35.1 Å². The molecule has 1 aromatic heterocycles. The van der Waals surface area contributed by atoms with Crippen molar-refractivity contribution in [3.8, 4) is 10.4 Å². The molecule has 2 aliphatic carbocycles. The van der Waals surface area contributed by atoms with Crippen molar-refractivity contribution in [2.75, 3.05) is 0 Å². The molecule has 1 aromatic carbocycles. The molecule has 0 saturated heterocycles. The Balaban J connectivity index is 1.83. The van der Waals surface area contributed by atoms with E-state index in [4.69, 9.17) is 0 Å². The predicted molar refractivity (Wildman–Crippen MR) is 79.1 cm³/mol. The fourth-order valence-corrected chi connectivity index (χ4v) is 4.33. The quantitative estimate of drug-likeness (QED) is 0.679. The number of thiophene rings is 1. The molecular formula is C17H16S. The molecular weight excluding hydrogens is 236 g/mol. The number of hydrogen-bond donors (Lipinski definition) is 0. The lowest BCUT2D eigenvalue weighted by atomic mass is 9.94. The first kappa shape index (κ1) is 10.6. The van der Waals surface area contributed by atoms with Gasteiger partial charge in [0.2, 0.25) is 0 Å². The maximum absolute atomic E-state index is 2.42. The lowest BCUT2D eigenvalue weighted by Crippen LogP contribution is -1.94. The van der Waals surface area contributed by atoms with Crippen LogP contribution < -0.4 is 0 Å². The minimum absolute atomic E-state index is 1.19. The number of fused-ring (bicyclic) bond motifs is 2. The Bertz CT molecular complexity index is 631. The number of aryl methyl sites for hydroxylation is 2. The lowest BCUT2D eigenvalue weighted by Gasteiger charge is -2.12. The Morgan fingerprint density at radius 3 is 3.00 bits per heavy atom. The SMILES string of the molecule is C1=Cc2ccc(-c3scc4c3CCC4)cc2CC1. The van der Waals surface area contributed by atoms with Crippen molar-refractivity contribution in [2.45, 2.75) is 32.1 Å². The van der Waals surface area contributed by atoms with Gasteiger partial charge in [0.15, 0.2) is 0 Å². The Morgan fingerprint density at radius 2 is 2.00 bits per heavy atom. The molecule has 0 aliphatic heterocycles. The van der Waals surface area contributed by atoms with Crippen LogP contribution in [0, 0.1) is 0 Å². The number of allylic oxidation sites excluding steroid dienone is 1. The molecule has 1 heteroatoms. The summed E-state index contributed by atoms with van der Waals surface area (Å²) in [5.41, 5.74) is 7.62. The zero-order valence-electron chi connectivity index (χ0n) is 10.4. The van der Waals surface area contributed by atoms with Crippen LogP contribution in [0.3, 0.4) is 0 Å². The minimum atomic E-state index is 1.19. The van der Waals surface area contributed by atoms with E-state index in [1.165, 1.54) is 53.7 Å². The topological polar surface area (TPSA) is 0 Å². The number of rotatable bonds is 1. The summed E-state index contributed by atoms with van der Waals surface area (Å²) in [6.07, 6.45) is 10.9. The molecule has 90 valence electrons. The van der Waals surface area contributed by atoms with Crippen LogP contribution in [0.15, 0.2) is 29.7 Å². The van der Waals surface area contributed by atoms with E-state index in [2.05, 4.69) is 35.7 Å². The van der Waals surface area contributed by atoms with Crippen molar-refractivity contribution < 1.29 is 0 Å². The average Bonchev–Trinajstić information content (AvgIpc) is 3.00. The first-order chi connectivity index (χ1) is 8.92. The monoisotopic (exact) mass is 252 g/mol. The van der Waals surface area contributed by atoms with Gasteiger partial charge in [-0.2, -0.15) is 0 Å². The van der Waals surface area contributed by atoms with Crippen molar-refractivity contribution in [1.29, 1.82) is 0 Å². The van der Waals surface area contributed by atoms with Crippen LogP contribution in [-0.4, -0.2) is 0 Å². The summed E-state index contributed by atoms with van der Waals surface area (Å²) in [4.78, 5) is 1.53. The minimum Gasteiger partial charge on any atom is -0.143 e. The third-order valence-electron chi connectivity index (χ3n) is 4.14. The second kappa shape index (κ2) is 4.10. The summed E-state index contributed by atoms with van der Waals surface area (Å²) in [7, 11) is 0. The molecule has 0 N–H and O–H groups in total. The summed E-state index contributed by atoms with van der Waals surface area (Å²) < 4.78 is 0. The highest BCUT2D eigenvalue weighted by molar-refractivity contribution is 7.14. The van der Waals surface area contributed by atoms with Crippen LogP contribution in [0.25, 0.3) is 16.5 Å². The largest absolute Gasteiger partial charge is 0.143 e. The molecule has 0 amide bonds. The fourth-order valence-electron chi connectivity index (χ4n) is 3.18. The molecule has 0 nitrogen and oxygen atoms in total. The molecule has 0 saturated carbocycles. The van der Waals surface area contributed by atoms with Crippen molar-refractivity contribution >= 4 is 17.4 Å². The Morgan fingerprint density at radius 1 is 1.00 bits per heavy atom. The van der Waals surface area contributed by atoms with E-state index < -0.39 is 0 Å². The van der Waals surface area contributed by atoms with E-state index in [0.717, 1.165) is 0 Å². The summed E-state index contributed by atoms with van der Waals surface area (Å²) >= 11 is 1.94. The summed E-state index contributed by atoms with van der Waals surface area (Å²) in [5.74, 6) is 0. The molecule has 2 aromatic rings. The van der Waals surface area contributed by atoms with E-state index in [1.807, 2.05) is 11.3 Å². The summed E-state index contributed by atoms with van der Waals surface area (Å²) in [6.45, 7) is 0. The highest BCUT2D eigenvalue weighted by Crippen LogP contribution is 2.39. The van der Waals surface area contributed by atoms with Crippen molar-refractivity contribution in [1.82, 2.24) is 0 Å². The van der Waals surface area contributed by atoms with Gasteiger partial charge in [-0.05, 0) is 71.4 Å². The zero-order valence-corrected chi connectivity index (χ0v) is 11.2. The zero-order chi connectivity index (χ0) is 11.9. The average molecular weight is 252 g/mol. The van der Waals surface area contributed by atoms with Gasteiger partial charge in [-0.15, -0.1) is 11.3 Å². The molecule has 0 spiro atoms. The number of hydrogen-bond acceptors (Lipinski definition) is 1. The molecule has 0 fully saturated rings. The third kappa shape index (κ3) is 1.58. The maximum Gasteiger partial charge on any atom is 0.0377 e. The Labute approximate surface area is 112 Å². The van der Waals surface area contributed by atoms with Gasteiger partial charge in [-0.1, -0.05) is 24.3 Å². The molecule has 1 heterocycles. The van der Waals surface area contributed by atoms with Gasteiger partial charge < -0.3 is 0 Å². The highest BCUT2D eigenvalue weighted by atomic mass is 32.1. The maximum atomic E-state index is 2.42. The molecule has 0 radical (unpaired) electrons. The molecule has 0 bridgehead atoms. The number of benzene rings is 1.